The van der Waals surface area contributed by atoms with Crippen LogP contribution < -0.4 is 4.74 Å². The summed E-state index contributed by atoms with van der Waals surface area (Å²) in [6, 6.07) is 11.7. The van der Waals surface area contributed by atoms with E-state index in [1.807, 2.05) is 48.7 Å². The van der Waals surface area contributed by atoms with Crippen molar-refractivity contribution in [3.63, 3.8) is 0 Å². The minimum absolute atomic E-state index is 0.0857. The van der Waals surface area contributed by atoms with Crippen molar-refractivity contribution in [1.82, 2.24) is 14.8 Å². The first kappa shape index (κ1) is 20.9. The van der Waals surface area contributed by atoms with Gasteiger partial charge in [-0.25, -0.2) is 0 Å². The van der Waals surface area contributed by atoms with Crippen LogP contribution in [0.3, 0.4) is 0 Å². The maximum atomic E-state index is 12.8. The van der Waals surface area contributed by atoms with E-state index in [2.05, 4.69) is 29.8 Å². The molecule has 0 spiro atoms. The number of rotatable bonds is 8. The average Bonchev–Trinajstić information content (AvgIpc) is 3.11. The summed E-state index contributed by atoms with van der Waals surface area (Å²) in [6.45, 7) is 10.4. The molecule has 0 bridgehead atoms. The molecule has 2 aromatic carbocycles. The molecule has 0 atom stereocenters. The molecule has 0 fully saturated rings. The molecule has 0 aliphatic heterocycles. The van der Waals surface area contributed by atoms with Gasteiger partial charge >= 0.3 is 0 Å². The van der Waals surface area contributed by atoms with Gasteiger partial charge in [-0.2, -0.15) is 0 Å². The van der Waals surface area contributed by atoms with Crippen LogP contribution in [-0.2, 0) is 6.54 Å². The number of hydrogen-bond acceptors (Lipinski definition) is 5. The second kappa shape index (κ2) is 9.09. The zero-order valence-corrected chi connectivity index (χ0v) is 18.0. The van der Waals surface area contributed by atoms with Gasteiger partial charge in [0.05, 0.1) is 18.4 Å². The maximum Gasteiger partial charge on any atom is 0.192 e. The molecule has 1 aromatic heterocycles. The molecule has 3 aromatic rings. The number of carbonyl (C=O) groups is 1. The second-order valence-electron chi connectivity index (χ2n) is 6.87. The van der Waals surface area contributed by atoms with Crippen LogP contribution in [-0.4, -0.2) is 33.4 Å². The largest absolute Gasteiger partial charge is 0.496 e. The number of nitrogens with zero attached hydrogens (tertiary/aromatic N) is 3. The number of aromatic nitrogens is 3. The number of carbonyl (C=O) groups excluding carboxylic acids is 1. The van der Waals surface area contributed by atoms with Crippen molar-refractivity contribution in [2.24, 2.45) is 0 Å². The Bertz CT molecular complexity index is 1060. The Morgan fingerprint density at radius 2 is 1.86 bits per heavy atom. The van der Waals surface area contributed by atoms with Gasteiger partial charge in [0.2, 0.25) is 0 Å². The zero-order chi connectivity index (χ0) is 21.0. The van der Waals surface area contributed by atoms with Crippen LogP contribution in [0.25, 0.3) is 11.4 Å². The van der Waals surface area contributed by atoms with Crippen molar-refractivity contribution in [1.29, 1.82) is 0 Å². The first-order valence-electron chi connectivity index (χ1n) is 9.37. The zero-order valence-electron chi connectivity index (χ0n) is 17.2. The Morgan fingerprint density at radius 1 is 1.14 bits per heavy atom. The molecule has 3 rings (SSSR count). The quantitative estimate of drug-likeness (QED) is 0.297. The first-order chi connectivity index (χ1) is 14.0. The SMILES string of the molecule is C=CCn1c(SCC(=O)c2cc(C)c(C)cc2C)nnc1-c1ccccc1OC. The summed E-state index contributed by atoms with van der Waals surface area (Å²) in [4.78, 5) is 12.8. The monoisotopic (exact) mass is 407 g/mol. The topological polar surface area (TPSA) is 57.0 Å². The van der Waals surface area contributed by atoms with Crippen LogP contribution in [0.15, 0.2) is 54.2 Å². The summed E-state index contributed by atoms with van der Waals surface area (Å²) in [5.41, 5.74) is 4.94. The van der Waals surface area contributed by atoms with Crippen LogP contribution in [0, 0.1) is 20.8 Å². The summed E-state index contributed by atoms with van der Waals surface area (Å²) in [7, 11) is 1.63. The molecule has 0 aliphatic carbocycles. The second-order valence-corrected chi connectivity index (χ2v) is 7.81. The van der Waals surface area contributed by atoms with Crippen LogP contribution in [0.1, 0.15) is 27.0 Å². The van der Waals surface area contributed by atoms with E-state index in [0.29, 0.717) is 23.3 Å². The molecule has 0 aliphatic rings. The van der Waals surface area contributed by atoms with Crippen molar-refractivity contribution in [2.45, 2.75) is 32.5 Å². The smallest absolute Gasteiger partial charge is 0.192 e. The number of ether oxygens (including phenoxy) is 1. The van der Waals surface area contributed by atoms with Gasteiger partial charge in [-0.05, 0) is 55.7 Å². The minimum Gasteiger partial charge on any atom is -0.496 e. The van der Waals surface area contributed by atoms with Gasteiger partial charge in [-0.3, -0.25) is 9.36 Å². The van der Waals surface area contributed by atoms with E-state index in [9.17, 15) is 4.79 Å². The molecule has 0 radical (unpaired) electrons. The Kier molecular flexibility index (Phi) is 6.54. The predicted molar refractivity (Wildman–Crippen MR) is 118 cm³/mol. The number of allylic oxidation sites excluding steroid dienone is 1. The minimum atomic E-state index is 0.0857. The number of Topliss-reactive ketones (excluding diaryl/α,β-unsaturated/α-hetero) is 1. The van der Waals surface area contributed by atoms with E-state index >= 15 is 0 Å². The van der Waals surface area contributed by atoms with Gasteiger partial charge in [-0.1, -0.05) is 36.0 Å². The molecular formula is C23H25N3O2S. The highest BCUT2D eigenvalue weighted by atomic mass is 32.2. The fraction of sp³-hybridized carbons (Fsp3) is 0.261. The van der Waals surface area contributed by atoms with E-state index in [4.69, 9.17) is 4.74 Å². The third-order valence-electron chi connectivity index (χ3n) is 4.85. The van der Waals surface area contributed by atoms with E-state index in [-0.39, 0.29) is 5.78 Å². The number of para-hydroxylation sites is 1. The standard InChI is InChI=1S/C23H25N3O2S/c1-6-11-26-22(18-9-7-8-10-21(18)28-5)24-25-23(26)29-14-20(27)19-13-16(3)15(2)12-17(19)4/h6-10,12-13H,1,11,14H2,2-5H3. The average molecular weight is 408 g/mol. The lowest BCUT2D eigenvalue weighted by Gasteiger charge is -2.11. The third kappa shape index (κ3) is 4.43. The number of aryl methyl sites for hydroxylation is 3. The number of hydrogen-bond donors (Lipinski definition) is 0. The molecule has 5 nitrogen and oxygen atoms in total. The molecular weight excluding hydrogens is 382 g/mol. The van der Waals surface area contributed by atoms with Gasteiger partial charge in [-0.15, -0.1) is 16.8 Å². The van der Waals surface area contributed by atoms with Crippen LogP contribution in [0.2, 0.25) is 0 Å². The van der Waals surface area contributed by atoms with Crippen LogP contribution in [0.5, 0.6) is 5.75 Å². The molecule has 0 unspecified atom stereocenters. The number of ketones is 1. The van der Waals surface area contributed by atoms with Gasteiger partial charge in [0.25, 0.3) is 0 Å². The van der Waals surface area contributed by atoms with E-state index in [0.717, 1.165) is 28.0 Å². The summed E-state index contributed by atoms with van der Waals surface area (Å²) >= 11 is 1.39. The number of thioether (sulfide) groups is 1. The lowest BCUT2D eigenvalue weighted by Crippen LogP contribution is -2.08. The number of methoxy groups -OCH3 is 1. The van der Waals surface area contributed by atoms with E-state index in [1.165, 1.54) is 17.3 Å². The molecule has 1 heterocycles. The normalized spacial score (nSPS) is 10.8. The maximum absolute atomic E-state index is 12.8. The Balaban J connectivity index is 1.87. The Labute approximate surface area is 175 Å². The lowest BCUT2D eigenvalue weighted by molar-refractivity contribution is 0.102. The Morgan fingerprint density at radius 3 is 2.59 bits per heavy atom. The highest BCUT2D eigenvalue weighted by molar-refractivity contribution is 7.99. The van der Waals surface area contributed by atoms with E-state index < -0.39 is 0 Å². The highest BCUT2D eigenvalue weighted by Crippen LogP contribution is 2.31. The summed E-state index contributed by atoms with van der Waals surface area (Å²) in [6.07, 6.45) is 1.79. The van der Waals surface area contributed by atoms with Gasteiger partial charge in [0.1, 0.15) is 5.75 Å². The predicted octanol–water partition coefficient (Wildman–Crippen LogP) is 5.04. The summed E-state index contributed by atoms with van der Waals surface area (Å²) in [5.74, 6) is 1.80. The van der Waals surface area contributed by atoms with E-state index in [1.54, 1.807) is 13.2 Å². The lowest BCUT2D eigenvalue weighted by atomic mass is 9.99. The molecule has 0 saturated carbocycles. The first-order valence-corrected chi connectivity index (χ1v) is 10.4. The molecule has 0 saturated heterocycles. The van der Waals surface area contributed by atoms with Crippen molar-refractivity contribution < 1.29 is 9.53 Å². The molecule has 29 heavy (non-hydrogen) atoms. The summed E-state index contributed by atoms with van der Waals surface area (Å²) in [5, 5.41) is 9.37. The van der Waals surface area contributed by atoms with Crippen molar-refractivity contribution in [3.8, 4) is 17.1 Å². The Hall–Kier alpha value is -2.86. The van der Waals surface area contributed by atoms with Crippen LogP contribution in [0.4, 0.5) is 0 Å². The van der Waals surface area contributed by atoms with Crippen LogP contribution >= 0.6 is 11.8 Å². The molecule has 0 amide bonds. The third-order valence-corrected chi connectivity index (χ3v) is 5.82. The molecule has 6 heteroatoms. The van der Waals surface area contributed by atoms with Crippen molar-refractivity contribution >= 4 is 17.5 Å². The molecule has 0 N–H and O–H groups in total. The number of benzene rings is 2. The van der Waals surface area contributed by atoms with Gasteiger partial charge in [0.15, 0.2) is 16.8 Å². The highest BCUT2D eigenvalue weighted by Gasteiger charge is 2.18. The fourth-order valence-electron chi connectivity index (χ4n) is 3.19. The summed E-state index contributed by atoms with van der Waals surface area (Å²) < 4.78 is 7.42. The van der Waals surface area contributed by atoms with Crippen molar-refractivity contribution in [3.05, 3.63) is 71.3 Å². The van der Waals surface area contributed by atoms with Gasteiger partial charge in [0, 0.05) is 12.1 Å². The fourth-order valence-corrected chi connectivity index (χ4v) is 4.02. The molecule has 150 valence electrons. The van der Waals surface area contributed by atoms with Crippen molar-refractivity contribution in [2.75, 3.05) is 12.9 Å². The van der Waals surface area contributed by atoms with Gasteiger partial charge < -0.3 is 4.74 Å².